The van der Waals surface area contributed by atoms with Gasteiger partial charge in [-0.25, -0.2) is 9.50 Å². The van der Waals surface area contributed by atoms with Crippen molar-refractivity contribution < 1.29 is 9.90 Å². The van der Waals surface area contributed by atoms with E-state index >= 15 is 0 Å². The molecule has 0 aliphatic rings. The largest absolute Gasteiger partial charge is 0.367 e. The summed E-state index contributed by atoms with van der Waals surface area (Å²) in [6.45, 7) is 2.86. The molecule has 0 saturated carbocycles. The highest BCUT2D eigenvalue weighted by molar-refractivity contribution is 5.74. The monoisotopic (exact) mass is 321 g/mol. The molecule has 0 saturated heterocycles. The Morgan fingerprint density at radius 1 is 1.42 bits per heavy atom. The fourth-order valence-electron chi connectivity index (χ4n) is 2.59. The number of hydrogen-bond donors (Lipinski definition) is 2. The van der Waals surface area contributed by atoms with Crippen LogP contribution >= 0.6 is 0 Å². The fourth-order valence-corrected chi connectivity index (χ4v) is 2.59. The van der Waals surface area contributed by atoms with Crippen molar-refractivity contribution in [1.82, 2.24) is 19.9 Å². The SMILES string of the molecule is CC(=O)NC(C)(O)c1cccc(-c2ccnc3c(C#N)cnn23)c1. The zero-order valence-electron chi connectivity index (χ0n) is 13.2. The van der Waals surface area contributed by atoms with E-state index < -0.39 is 5.72 Å². The van der Waals surface area contributed by atoms with Crippen LogP contribution in [-0.4, -0.2) is 25.6 Å². The number of hydrogen-bond acceptors (Lipinski definition) is 5. The Balaban J connectivity index is 2.12. The van der Waals surface area contributed by atoms with E-state index in [2.05, 4.69) is 21.5 Å². The Morgan fingerprint density at radius 2 is 2.21 bits per heavy atom. The molecule has 2 aromatic heterocycles. The summed E-state index contributed by atoms with van der Waals surface area (Å²) in [6.07, 6.45) is 3.06. The Bertz CT molecular complexity index is 969. The summed E-state index contributed by atoms with van der Waals surface area (Å²) in [5.41, 5.74) is 1.40. The van der Waals surface area contributed by atoms with E-state index in [-0.39, 0.29) is 5.91 Å². The molecule has 7 nitrogen and oxygen atoms in total. The van der Waals surface area contributed by atoms with Gasteiger partial charge in [-0.3, -0.25) is 4.79 Å². The minimum atomic E-state index is -1.49. The van der Waals surface area contributed by atoms with Crippen LogP contribution in [0.5, 0.6) is 0 Å². The van der Waals surface area contributed by atoms with Crippen LogP contribution in [0.3, 0.4) is 0 Å². The highest BCUT2D eigenvalue weighted by Crippen LogP contribution is 2.25. The Hall–Kier alpha value is -3.24. The van der Waals surface area contributed by atoms with Crippen molar-refractivity contribution in [3.63, 3.8) is 0 Å². The highest BCUT2D eigenvalue weighted by Gasteiger charge is 2.24. The van der Waals surface area contributed by atoms with E-state index in [0.29, 0.717) is 16.8 Å². The Kier molecular flexibility index (Phi) is 3.75. The van der Waals surface area contributed by atoms with Crippen molar-refractivity contribution in [3.8, 4) is 17.3 Å². The van der Waals surface area contributed by atoms with Gasteiger partial charge in [0.25, 0.3) is 0 Å². The molecular formula is C17H15N5O2. The number of carbonyl (C=O) groups excluding carboxylic acids is 1. The van der Waals surface area contributed by atoms with Gasteiger partial charge in [-0.2, -0.15) is 10.4 Å². The van der Waals surface area contributed by atoms with Crippen LogP contribution in [0, 0.1) is 11.3 Å². The molecule has 2 heterocycles. The van der Waals surface area contributed by atoms with Crippen molar-refractivity contribution in [2.75, 3.05) is 0 Å². The number of fused-ring (bicyclic) bond motifs is 1. The predicted molar refractivity (Wildman–Crippen MR) is 86.5 cm³/mol. The number of rotatable bonds is 3. The first-order chi connectivity index (χ1) is 11.4. The second-order valence-corrected chi connectivity index (χ2v) is 5.57. The van der Waals surface area contributed by atoms with E-state index in [1.54, 1.807) is 35.0 Å². The maximum atomic E-state index is 11.3. The van der Waals surface area contributed by atoms with Crippen molar-refractivity contribution in [2.45, 2.75) is 19.6 Å². The van der Waals surface area contributed by atoms with E-state index in [0.717, 1.165) is 11.3 Å². The third kappa shape index (κ3) is 2.71. The first kappa shape index (κ1) is 15.6. The normalized spacial score (nSPS) is 13.2. The van der Waals surface area contributed by atoms with Crippen LogP contribution in [-0.2, 0) is 10.5 Å². The highest BCUT2D eigenvalue weighted by atomic mass is 16.3. The minimum absolute atomic E-state index is 0.331. The molecule has 3 rings (SSSR count). The standard InChI is InChI=1S/C17H15N5O2/c1-11(23)21-17(2,24)14-5-3-4-12(8-14)15-6-7-19-16-13(9-18)10-20-22(15)16/h3-8,10,24H,1-2H3,(H,21,23). The van der Waals surface area contributed by atoms with Gasteiger partial charge in [-0.1, -0.05) is 18.2 Å². The molecule has 2 N–H and O–H groups in total. The summed E-state index contributed by atoms with van der Waals surface area (Å²) in [6, 6.07) is 10.9. The Labute approximate surface area is 138 Å². The molecule has 24 heavy (non-hydrogen) atoms. The lowest BCUT2D eigenvalue weighted by Gasteiger charge is -2.25. The number of carbonyl (C=O) groups is 1. The number of aromatic nitrogens is 3. The number of amides is 1. The van der Waals surface area contributed by atoms with Crippen molar-refractivity contribution in [2.24, 2.45) is 0 Å². The summed E-state index contributed by atoms with van der Waals surface area (Å²) >= 11 is 0. The van der Waals surface area contributed by atoms with Crippen LogP contribution in [0.25, 0.3) is 16.9 Å². The topological polar surface area (TPSA) is 103 Å². The molecule has 1 aromatic carbocycles. The second-order valence-electron chi connectivity index (χ2n) is 5.57. The molecule has 0 aliphatic heterocycles. The molecule has 1 amide bonds. The maximum Gasteiger partial charge on any atom is 0.219 e. The number of nitrogens with zero attached hydrogens (tertiary/aromatic N) is 4. The van der Waals surface area contributed by atoms with Gasteiger partial charge in [0.2, 0.25) is 5.91 Å². The predicted octanol–water partition coefficient (Wildman–Crippen LogP) is 1.57. The van der Waals surface area contributed by atoms with Crippen molar-refractivity contribution in [3.05, 3.63) is 53.9 Å². The zero-order valence-corrected chi connectivity index (χ0v) is 13.2. The van der Waals surface area contributed by atoms with Gasteiger partial charge < -0.3 is 10.4 Å². The van der Waals surface area contributed by atoms with E-state index in [9.17, 15) is 9.90 Å². The van der Waals surface area contributed by atoms with E-state index in [4.69, 9.17) is 5.26 Å². The fraction of sp³-hybridized carbons (Fsp3) is 0.176. The average Bonchev–Trinajstić information content (AvgIpc) is 2.97. The van der Waals surface area contributed by atoms with Gasteiger partial charge in [0, 0.05) is 24.2 Å². The molecule has 0 fully saturated rings. The smallest absolute Gasteiger partial charge is 0.219 e. The molecular weight excluding hydrogens is 306 g/mol. The third-order valence-corrected chi connectivity index (χ3v) is 3.66. The molecule has 3 aromatic rings. The molecule has 1 unspecified atom stereocenters. The quantitative estimate of drug-likeness (QED) is 0.713. The summed E-state index contributed by atoms with van der Waals surface area (Å²) in [5.74, 6) is -0.331. The lowest BCUT2D eigenvalue weighted by molar-refractivity contribution is -0.126. The van der Waals surface area contributed by atoms with E-state index in [1.165, 1.54) is 20.0 Å². The zero-order chi connectivity index (χ0) is 17.3. The molecule has 1 atom stereocenters. The molecule has 7 heteroatoms. The summed E-state index contributed by atoms with van der Waals surface area (Å²) in [7, 11) is 0. The second kappa shape index (κ2) is 5.76. The average molecular weight is 321 g/mol. The van der Waals surface area contributed by atoms with Crippen LogP contribution in [0.1, 0.15) is 25.0 Å². The number of nitrogens with one attached hydrogen (secondary N) is 1. The lowest BCUT2D eigenvalue weighted by atomic mass is 10.0. The number of nitriles is 1. The molecule has 0 aliphatic carbocycles. The van der Waals surface area contributed by atoms with Gasteiger partial charge >= 0.3 is 0 Å². The minimum Gasteiger partial charge on any atom is -0.367 e. The number of benzene rings is 1. The van der Waals surface area contributed by atoms with Crippen LogP contribution in [0.4, 0.5) is 0 Å². The lowest BCUT2D eigenvalue weighted by Crippen LogP contribution is -2.42. The summed E-state index contributed by atoms with van der Waals surface area (Å²) < 4.78 is 1.57. The first-order valence-electron chi connectivity index (χ1n) is 7.27. The van der Waals surface area contributed by atoms with Gasteiger partial charge in [-0.05, 0) is 19.1 Å². The molecule has 120 valence electrons. The third-order valence-electron chi connectivity index (χ3n) is 3.66. The first-order valence-corrected chi connectivity index (χ1v) is 7.27. The molecule has 0 bridgehead atoms. The van der Waals surface area contributed by atoms with Crippen LogP contribution < -0.4 is 5.32 Å². The number of aliphatic hydroxyl groups is 1. The summed E-state index contributed by atoms with van der Waals surface area (Å²) in [5, 5.41) is 26.3. The van der Waals surface area contributed by atoms with Crippen LogP contribution in [0.2, 0.25) is 0 Å². The van der Waals surface area contributed by atoms with Gasteiger partial charge in [0.05, 0.1) is 11.9 Å². The molecule has 0 radical (unpaired) electrons. The van der Waals surface area contributed by atoms with Gasteiger partial charge in [0.1, 0.15) is 11.6 Å². The summed E-state index contributed by atoms with van der Waals surface area (Å²) in [4.78, 5) is 15.5. The van der Waals surface area contributed by atoms with Gasteiger partial charge in [-0.15, -0.1) is 0 Å². The molecule has 0 spiro atoms. The van der Waals surface area contributed by atoms with Crippen LogP contribution in [0.15, 0.2) is 42.7 Å². The van der Waals surface area contributed by atoms with Gasteiger partial charge in [0.15, 0.2) is 11.4 Å². The maximum absolute atomic E-state index is 11.3. The van der Waals surface area contributed by atoms with E-state index in [1.807, 2.05) is 6.07 Å². The Morgan fingerprint density at radius 3 is 2.92 bits per heavy atom. The van der Waals surface area contributed by atoms with Crippen molar-refractivity contribution in [1.29, 1.82) is 5.26 Å². The van der Waals surface area contributed by atoms with Crippen molar-refractivity contribution >= 4 is 11.6 Å².